The molecule has 0 bridgehead atoms. The molecule has 1 unspecified atom stereocenters. The molecular weight excluding hydrogens is 248 g/mol. The maximum absolute atomic E-state index is 12.2. The topological polar surface area (TPSA) is 90.5 Å². The van der Waals surface area contributed by atoms with Crippen LogP contribution in [0.2, 0.25) is 0 Å². The van der Waals surface area contributed by atoms with Crippen LogP contribution in [-0.2, 0) is 9.59 Å². The fourth-order valence-electron chi connectivity index (χ4n) is 2.32. The van der Waals surface area contributed by atoms with Gasteiger partial charge in [0.2, 0.25) is 5.91 Å². The molecule has 1 atom stereocenters. The summed E-state index contributed by atoms with van der Waals surface area (Å²) in [5.41, 5.74) is -0.838. The van der Waals surface area contributed by atoms with E-state index in [2.05, 4.69) is 16.0 Å². The van der Waals surface area contributed by atoms with Crippen LogP contribution in [0.3, 0.4) is 0 Å². The van der Waals surface area contributed by atoms with Crippen LogP contribution in [0.25, 0.3) is 0 Å². The molecule has 3 N–H and O–H groups in total. The van der Waals surface area contributed by atoms with Gasteiger partial charge < -0.3 is 16.0 Å². The summed E-state index contributed by atoms with van der Waals surface area (Å²) in [6.07, 6.45) is 0.571. The van der Waals surface area contributed by atoms with E-state index < -0.39 is 11.6 Å². The molecule has 7 heteroatoms. The number of nitrogens with zero attached hydrogens (tertiary/aromatic N) is 1. The normalized spacial score (nSPS) is 26.4. The van der Waals surface area contributed by atoms with Gasteiger partial charge in [0.1, 0.15) is 12.1 Å². The zero-order valence-corrected chi connectivity index (χ0v) is 11.3. The highest BCUT2D eigenvalue weighted by molar-refractivity contribution is 6.09. The van der Waals surface area contributed by atoms with E-state index in [1.165, 1.54) is 0 Å². The zero-order valence-electron chi connectivity index (χ0n) is 11.3. The van der Waals surface area contributed by atoms with Crippen molar-refractivity contribution in [1.82, 2.24) is 20.9 Å². The van der Waals surface area contributed by atoms with Crippen LogP contribution < -0.4 is 16.0 Å². The average molecular weight is 268 g/mol. The molecule has 2 saturated heterocycles. The molecule has 0 saturated carbocycles. The van der Waals surface area contributed by atoms with Crippen LogP contribution in [0.1, 0.15) is 20.3 Å². The van der Waals surface area contributed by atoms with E-state index in [0.29, 0.717) is 32.0 Å². The van der Waals surface area contributed by atoms with Crippen molar-refractivity contribution in [2.45, 2.75) is 25.8 Å². The van der Waals surface area contributed by atoms with Gasteiger partial charge in [-0.15, -0.1) is 0 Å². The number of urea groups is 1. The molecular formula is C12H20N4O3. The minimum atomic E-state index is -0.838. The second-order valence-electron chi connectivity index (χ2n) is 5.53. The number of rotatable bonds is 4. The predicted octanol–water partition coefficient (Wildman–Crippen LogP) is -0.957. The van der Waals surface area contributed by atoms with E-state index in [0.717, 1.165) is 4.90 Å². The van der Waals surface area contributed by atoms with Gasteiger partial charge in [0.15, 0.2) is 0 Å². The van der Waals surface area contributed by atoms with Crippen molar-refractivity contribution in [3.63, 3.8) is 0 Å². The summed E-state index contributed by atoms with van der Waals surface area (Å²) in [6, 6.07) is -0.478. The third kappa shape index (κ3) is 2.70. The predicted molar refractivity (Wildman–Crippen MR) is 68.3 cm³/mol. The van der Waals surface area contributed by atoms with E-state index in [-0.39, 0.29) is 18.4 Å². The Morgan fingerprint density at radius 1 is 1.47 bits per heavy atom. The van der Waals surface area contributed by atoms with E-state index in [9.17, 15) is 14.4 Å². The Bertz CT molecular complexity index is 402. The van der Waals surface area contributed by atoms with Gasteiger partial charge in [0.25, 0.3) is 5.91 Å². The van der Waals surface area contributed by atoms with Gasteiger partial charge in [-0.3, -0.25) is 14.5 Å². The molecule has 1 spiro atoms. The number of hydrogen-bond acceptors (Lipinski definition) is 4. The first-order chi connectivity index (χ1) is 8.94. The quantitative estimate of drug-likeness (QED) is 0.573. The second-order valence-corrected chi connectivity index (χ2v) is 5.53. The Labute approximate surface area is 112 Å². The Hall–Kier alpha value is -1.63. The van der Waals surface area contributed by atoms with E-state index >= 15 is 0 Å². The Morgan fingerprint density at radius 3 is 2.79 bits per heavy atom. The van der Waals surface area contributed by atoms with Crippen LogP contribution in [0.5, 0.6) is 0 Å². The summed E-state index contributed by atoms with van der Waals surface area (Å²) in [7, 11) is 0. The molecule has 2 aliphatic rings. The lowest BCUT2D eigenvalue weighted by molar-refractivity contribution is -0.134. The summed E-state index contributed by atoms with van der Waals surface area (Å²) < 4.78 is 0. The number of nitrogens with one attached hydrogen (secondary N) is 3. The first-order valence-corrected chi connectivity index (χ1v) is 6.56. The lowest BCUT2D eigenvalue weighted by Gasteiger charge is -2.19. The van der Waals surface area contributed by atoms with Gasteiger partial charge in [-0.05, 0) is 18.9 Å². The molecule has 2 heterocycles. The molecule has 7 nitrogen and oxygen atoms in total. The minimum Gasteiger partial charge on any atom is -0.354 e. The largest absolute Gasteiger partial charge is 0.354 e. The molecule has 0 radical (unpaired) electrons. The Kier molecular flexibility index (Phi) is 3.75. The van der Waals surface area contributed by atoms with Crippen LogP contribution in [-0.4, -0.2) is 54.5 Å². The van der Waals surface area contributed by atoms with Crippen molar-refractivity contribution in [2.24, 2.45) is 5.92 Å². The highest BCUT2D eigenvalue weighted by Gasteiger charge is 2.52. The molecule has 2 fully saturated rings. The van der Waals surface area contributed by atoms with Crippen molar-refractivity contribution in [3.8, 4) is 0 Å². The van der Waals surface area contributed by atoms with E-state index in [4.69, 9.17) is 0 Å². The van der Waals surface area contributed by atoms with E-state index in [1.54, 1.807) is 0 Å². The zero-order chi connectivity index (χ0) is 14.0. The fraction of sp³-hybridized carbons (Fsp3) is 0.750. The first kappa shape index (κ1) is 13.8. The number of carbonyl (C=O) groups excluding carboxylic acids is 3. The summed E-state index contributed by atoms with van der Waals surface area (Å²) >= 11 is 0. The standard InChI is InChI=1S/C12H20N4O3/c1-8(2)5-14-9(17)6-16-10(18)12(15-11(16)19)3-4-13-7-12/h8,13H,3-7H2,1-2H3,(H,14,17)(H,15,19). The Morgan fingerprint density at radius 2 is 2.21 bits per heavy atom. The second kappa shape index (κ2) is 5.16. The maximum atomic E-state index is 12.2. The molecule has 0 aromatic rings. The molecule has 2 aliphatic heterocycles. The number of imide groups is 1. The highest BCUT2D eigenvalue weighted by Crippen LogP contribution is 2.23. The molecule has 4 amide bonds. The Balaban J connectivity index is 1.95. The summed E-state index contributed by atoms with van der Waals surface area (Å²) in [5.74, 6) is -0.278. The molecule has 106 valence electrons. The monoisotopic (exact) mass is 268 g/mol. The summed E-state index contributed by atoms with van der Waals surface area (Å²) in [5, 5.41) is 8.45. The minimum absolute atomic E-state index is 0.209. The van der Waals surface area contributed by atoms with Crippen molar-refractivity contribution in [3.05, 3.63) is 0 Å². The van der Waals surface area contributed by atoms with Crippen LogP contribution >= 0.6 is 0 Å². The molecule has 2 rings (SSSR count). The lowest BCUT2D eigenvalue weighted by atomic mass is 9.99. The van der Waals surface area contributed by atoms with Crippen molar-refractivity contribution >= 4 is 17.8 Å². The smallest absolute Gasteiger partial charge is 0.325 e. The number of amides is 4. The van der Waals surface area contributed by atoms with Gasteiger partial charge in [0, 0.05) is 13.1 Å². The maximum Gasteiger partial charge on any atom is 0.325 e. The number of carbonyl (C=O) groups is 3. The average Bonchev–Trinajstić information content (AvgIpc) is 2.89. The summed E-state index contributed by atoms with van der Waals surface area (Å²) in [6.45, 7) is 5.41. The third-order valence-electron chi connectivity index (χ3n) is 3.41. The SMILES string of the molecule is CC(C)CNC(=O)CN1C(=O)NC2(CCNC2)C1=O. The van der Waals surface area contributed by atoms with Crippen LogP contribution in [0.15, 0.2) is 0 Å². The van der Waals surface area contributed by atoms with Crippen molar-refractivity contribution in [2.75, 3.05) is 26.2 Å². The molecule has 0 aromatic carbocycles. The molecule has 0 aromatic heterocycles. The van der Waals surface area contributed by atoms with Crippen molar-refractivity contribution in [1.29, 1.82) is 0 Å². The fourth-order valence-corrected chi connectivity index (χ4v) is 2.32. The van der Waals surface area contributed by atoms with Gasteiger partial charge in [-0.1, -0.05) is 13.8 Å². The van der Waals surface area contributed by atoms with Gasteiger partial charge >= 0.3 is 6.03 Å². The van der Waals surface area contributed by atoms with Gasteiger partial charge in [-0.25, -0.2) is 4.79 Å². The van der Waals surface area contributed by atoms with E-state index in [1.807, 2.05) is 13.8 Å². The lowest BCUT2D eigenvalue weighted by Crippen LogP contribution is -2.49. The molecule has 0 aliphatic carbocycles. The van der Waals surface area contributed by atoms with Crippen LogP contribution in [0, 0.1) is 5.92 Å². The first-order valence-electron chi connectivity index (χ1n) is 6.56. The number of hydrogen-bond donors (Lipinski definition) is 3. The molecule has 19 heavy (non-hydrogen) atoms. The van der Waals surface area contributed by atoms with Gasteiger partial charge in [0.05, 0.1) is 0 Å². The summed E-state index contributed by atoms with van der Waals surface area (Å²) in [4.78, 5) is 36.7. The van der Waals surface area contributed by atoms with Crippen molar-refractivity contribution < 1.29 is 14.4 Å². The third-order valence-corrected chi connectivity index (χ3v) is 3.41. The van der Waals surface area contributed by atoms with Gasteiger partial charge in [-0.2, -0.15) is 0 Å². The highest BCUT2D eigenvalue weighted by atomic mass is 16.2. The van der Waals surface area contributed by atoms with Crippen LogP contribution in [0.4, 0.5) is 4.79 Å².